The van der Waals surface area contributed by atoms with E-state index in [-0.39, 0.29) is 11.6 Å². The second-order valence-electron chi connectivity index (χ2n) is 3.17. The van der Waals surface area contributed by atoms with Gasteiger partial charge in [0.15, 0.2) is 5.15 Å². The Morgan fingerprint density at radius 2 is 2.38 bits per heavy atom. The Morgan fingerprint density at radius 1 is 1.56 bits per heavy atom. The normalized spacial score (nSPS) is 10.3. The van der Waals surface area contributed by atoms with Crippen LogP contribution in [-0.4, -0.2) is 26.0 Å². The fourth-order valence-electron chi connectivity index (χ4n) is 1.30. The fourth-order valence-corrected chi connectivity index (χ4v) is 1.49. The number of nitrogens with zero attached hydrogens (tertiary/aromatic N) is 2. The first-order chi connectivity index (χ1) is 7.66. The molecule has 0 aromatic carbocycles. The first kappa shape index (κ1) is 10.6. The molecule has 0 saturated heterocycles. The van der Waals surface area contributed by atoms with E-state index in [0.29, 0.717) is 11.5 Å². The highest BCUT2D eigenvalue weighted by atomic mass is 35.5. The van der Waals surface area contributed by atoms with Crippen molar-refractivity contribution in [2.75, 3.05) is 0 Å². The van der Waals surface area contributed by atoms with Crippen LogP contribution in [0.2, 0.25) is 5.15 Å². The minimum Gasteiger partial charge on any atom is -0.481 e. The van der Waals surface area contributed by atoms with Gasteiger partial charge >= 0.3 is 5.97 Å². The molecule has 16 heavy (non-hydrogen) atoms. The number of halogens is 1. The van der Waals surface area contributed by atoms with Crippen LogP contribution in [0, 0.1) is 0 Å². The van der Waals surface area contributed by atoms with E-state index in [1.54, 1.807) is 18.5 Å². The zero-order chi connectivity index (χ0) is 11.5. The number of nitrogens with one attached hydrogen (secondary N) is 1. The van der Waals surface area contributed by atoms with E-state index in [4.69, 9.17) is 16.7 Å². The molecule has 0 aliphatic carbocycles. The van der Waals surface area contributed by atoms with Crippen LogP contribution < -0.4 is 0 Å². The van der Waals surface area contributed by atoms with Crippen LogP contribution in [0.15, 0.2) is 24.5 Å². The van der Waals surface area contributed by atoms with Crippen LogP contribution in [0.25, 0.3) is 11.4 Å². The number of aliphatic carboxylic acids is 1. The van der Waals surface area contributed by atoms with Crippen molar-refractivity contribution in [3.8, 4) is 11.4 Å². The molecule has 0 radical (unpaired) electrons. The quantitative estimate of drug-likeness (QED) is 0.853. The summed E-state index contributed by atoms with van der Waals surface area (Å²) in [6, 6.07) is 3.58. The molecule has 0 aliphatic rings. The molecule has 2 heterocycles. The van der Waals surface area contributed by atoms with Gasteiger partial charge in [-0.2, -0.15) is 0 Å². The average molecular weight is 238 g/mol. The molecule has 0 saturated carbocycles. The first-order valence-electron chi connectivity index (χ1n) is 4.53. The molecule has 82 valence electrons. The van der Waals surface area contributed by atoms with Gasteiger partial charge in [-0.1, -0.05) is 11.6 Å². The molecule has 2 aromatic heterocycles. The van der Waals surface area contributed by atoms with Gasteiger partial charge in [-0.05, 0) is 12.1 Å². The first-order valence-corrected chi connectivity index (χ1v) is 4.91. The second-order valence-corrected chi connectivity index (χ2v) is 3.53. The molecule has 0 aliphatic heterocycles. The average Bonchev–Trinajstić information content (AvgIpc) is 2.61. The lowest BCUT2D eigenvalue weighted by molar-refractivity contribution is -0.136. The van der Waals surface area contributed by atoms with E-state index < -0.39 is 5.97 Å². The summed E-state index contributed by atoms with van der Waals surface area (Å²) >= 11 is 5.81. The van der Waals surface area contributed by atoms with E-state index in [1.165, 1.54) is 0 Å². The number of H-pyrrole nitrogens is 1. The molecule has 2 aromatic rings. The smallest absolute Gasteiger partial charge is 0.309 e. The van der Waals surface area contributed by atoms with Crippen LogP contribution in [0.4, 0.5) is 0 Å². The Morgan fingerprint density at radius 3 is 3.00 bits per heavy atom. The van der Waals surface area contributed by atoms with Gasteiger partial charge in [0.1, 0.15) is 5.82 Å². The van der Waals surface area contributed by atoms with Crippen LogP contribution in [0.1, 0.15) is 5.69 Å². The number of carbonyl (C=O) groups is 1. The SMILES string of the molecule is O=C(O)Cc1[nH]c(-c2cccnc2)nc1Cl. The highest BCUT2D eigenvalue weighted by molar-refractivity contribution is 6.30. The Kier molecular flexibility index (Phi) is 2.87. The number of carboxylic acid groups (broad SMARTS) is 1. The lowest BCUT2D eigenvalue weighted by Crippen LogP contribution is -2.00. The third-order valence-electron chi connectivity index (χ3n) is 1.99. The predicted molar refractivity (Wildman–Crippen MR) is 58.2 cm³/mol. The molecule has 0 fully saturated rings. The predicted octanol–water partition coefficient (Wildman–Crippen LogP) is 1.75. The monoisotopic (exact) mass is 237 g/mol. The number of pyridine rings is 1. The van der Waals surface area contributed by atoms with Gasteiger partial charge in [0.2, 0.25) is 0 Å². The lowest BCUT2D eigenvalue weighted by atomic mass is 10.3. The molecule has 2 N–H and O–H groups in total. The maximum absolute atomic E-state index is 10.5. The molecular weight excluding hydrogens is 230 g/mol. The summed E-state index contributed by atoms with van der Waals surface area (Å²) < 4.78 is 0. The number of aromatic amines is 1. The van der Waals surface area contributed by atoms with Gasteiger partial charge in [0.25, 0.3) is 0 Å². The van der Waals surface area contributed by atoms with Gasteiger partial charge < -0.3 is 10.1 Å². The van der Waals surface area contributed by atoms with Crippen molar-refractivity contribution in [3.63, 3.8) is 0 Å². The molecule has 2 rings (SSSR count). The Bertz CT molecular complexity index is 510. The molecule has 0 unspecified atom stereocenters. The molecular formula is C10H8ClN3O2. The van der Waals surface area contributed by atoms with Gasteiger partial charge in [0, 0.05) is 18.0 Å². The maximum atomic E-state index is 10.5. The Labute approximate surface area is 96.1 Å². The van der Waals surface area contributed by atoms with E-state index in [1.807, 2.05) is 6.07 Å². The van der Waals surface area contributed by atoms with Crippen molar-refractivity contribution in [2.24, 2.45) is 0 Å². The van der Waals surface area contributed by atoms with E-state index >= 15 is 0 Å². The van der Waals surface area contributed by atoms with Crippen LogP contribution >= 0.6 is 11.6 Å². The van der Waals surface area contributed by atoms with Crippen molar-refractivity contribution in [1.29, 1.82) is 0 Å². The summed E-state index contributed by atoms with van der Waals surface area (Å²) in [5.74, 6) is -0.433. The molecule has 0 spiro atoms. The van der Waals surface area contributed by atoms with Crippen molar-refractivity contribution < 1.29 is 9.90 Å². The van der Waals surface area contributed by atoms with Crippen molar-refractivity contribution in [2.45, 2.75) is 6.42 Å². The number of carboxylic acids is 1. The molecule has 0 amide bonds. The van der Waals surface area contributed by atoms with E-state index in [2.05, 4.69) is 15.0 Å². The van der Waals surface area contributed by atoms with Crippen LogP contribution in [0.3, 0.4) is 0 Å². The molecule has 5 nitrogen and oxygen atoms in total. The summed E-state index contributed by atoms with van der Waals surface area (Å²) in [6.45, 7) is 0. The van der Waals surface area contributed by atoms with Gasteiger partial charge in [-0.3, -0.25) is 9.78 Å². The number of rotatable bonds is 3. The number of aromatic nitrogens is 3. The van der Waals surface area contributed by atoms with Gasteiger partial charge in [-0.15, -0.1) is 0 Å². The van der Waals surface area contributed by atoms with Gasteiger partial charge in [0.05, 0.1) is 12.1 Å². The number of hydrogen-bond acceptors (Lipinski definition) is 3. The standard InChI is InChI=1S/C10H8ClN3O2/c11-9-7(4-8(15)16)13-10(14-9)6-2-1-3-12-5-6/h1-3,5H,4H2,(H,13,14)(H,15,16). The van der Waals surface area contributed by atoms with E-state index in [9.17, 15) is 4.79 Å². The summed E-state index contributed by atoms with van der Waals surface area (Å²) in [5.41, 5.74) is 1.16. The number of hydrogen-bond donors (Lipinski definition) is 2. The zero-order valence-electron chi connectivity index (χ0n) is 8.14. The van der Waals surface area contributed by atoms with Crippen molar-refractivity contribution >= 4 is 17.6 Å². The highest BCUT2D eigenvalue weighted by Gasteiger charge is 2.12. The molecule has 6 heteroatoms. The van der Waals surface area contributed by atoms with Crippen LogP contribution in [0.5, 0.6) is 0 Å². The summed E-state index contributed by atoms with van der Waals surface area (Å²) in [5, 5.41) is 8.83. The summed E-state index contributed by atoms with van der Waals surface area (Å²) in [7, 11) is 0. The van der Waals surface area contributed by atoms with E-state index in [0.717, 1.165) is 5.56 Å². The maximum Gasteiger partial charge on any atom is 0.309 e. The van der Waals surface area contributed by atoms with Crippen molar-refractivity contribution in [1.82, 2.24) is 15.0 Å². The molecule has 0 bridgehead atoms. The minimum atomic E-state index is -0.955. The highest BCUT2D eigenvalue weighted by Crippen LogP contribution is 2.20. The largest absolute Gasteiger partial charge is 0.481 e. The summed E-state index contributed by atoms with van der Waals surface area (Å²) in [4.78, 5) is 21.4. The third-order valence-corrected chi connectivity index (χ3v) is 2.30. The second kappa shape index (κ2) is 4.32. The Hall–Kier alpha value is -1.88. The van der Waals surface area contributed by atoms with Crippen molar-refractivity contribution in [3.05, 3.63) is 35.4 Å². The minimum absolute atomic E-state index is 0.175. The Balaban J connectivity index is 2.34. The zero-order valence-corrected chi connectivity index (χ0v) is 8.90. The topological polar surface area (TPSA) is 78.9 Å². The summed E-state index contributed by atoms with van der Waals surface area (Å²) in [6.07, 6.45) is 3.10. The van der Waals surface area contributed by atoms with Crippen LogP contribution in [-0.2, 0) is 11.2 Å². The number of imidazole rings is 1. The molecule has 0 atom stereocenters. The lowest BCUT2D eigenvalue weighted by Gasteiger charge is -1.94. The fraction of sp³-hybridized carbons (Fsp3) is 0.100. The third kappa shape index (κ3) is 2.20. The van der Waals surface area contributed by atoms with Gasteiger partial charge in [-0.25, -0.2) is 4.98 Å².